The molecule has 0 bridgehead atoms. The minimum Gasteiger partial charge on any atom is -0.370 e. The van der Waals surface area contributed by atoms with Gasteiger partial charge >= 0.3 is 0 Å². The Kier molecular flexibility index (Phi) is 4.47. The van der Waals surface area contributed by atoms with Crippen LogP contribution in [0.2, 0.25) is 0 Å². The van der Waals surface area contributed by atoms with Gasteiger partial charge < -0.3 is 5.32 Å². The highest BCUT2D eigenvalue weighted by atomic mass is 32.2. The normalized spacial score (nSPS) is 11.2. The van der Waals surface area contributed by atoms with Crippen molar-refractivity contribution in [1.29, 1.82) is 0 Å². The molecule has 0 aliphatic heterocycles. The van der Waals surface area contributed by atoms with Gasteiger partial charge in [0.25, 0.3) is 10.0 Å². The first-order chi connectivity index (χ1) is 9.95. The van der Waals surface area contributed by atoms with Crippen molar-refractivity contribution >= 4 is 21.5 Å². The van der Waals surface area contributed by atoms with E-state index < -0.39 is 10.0 Å². The Labute approximate surface area is 125 Å². The van der Waals surface area contributed by atoms with Gasteiger partial charge in [-0.25, -0.2) is 13.4 Å². The average Bonchev–Trinajstić information content (AvgIpc) is 2.48. The van der Waals surface area contributed by atoms with Gasteiger partial charge in [0, 0.05) is 19.8 Å². The molecule has 1 N–H and O–H groups in total. The molecule has 0 spiro atoms. The molecular weight excluding hydrogens is 286 g/mol. The summed E-state index contributed by atoms with van der Waals surface area (Å²) in [5.41, 5.74) is 1.71. The minimum atomic E-state index is -3.59. The first-order valence-electron chi connectivity index (χ1n) is 6.70. The molecule has 0 aliphatic carbocycles. The molecule has 0 saturated heterocycles. The quantitative estimate of drug-likeness (QED) is 0.922. The predicted octanol–water partition coefficient (Wildman–Crippen LogP) is 2.65. The van der Waals surface area contributed by atoms with E-state index in [9.17, 15) is 8.42 Å². The molecule has 1 aromatic heterocycles. The van der Waals surface area contributed by atoms with Crippen molar-refractivity contribution in [3.8, 4) is 0 Å². The van der Waals surface area contributed by atoms with E-state index in [4.69, 9.17) is 0 Å². The zero-order valence-electron chi connectivity index (χ0n) is 12.4. The van der Waals surface area contributed by atoms with Crippen LogP contribution >= 0.6 is 0 Å². The number of nitrogens with zero attached hydrogens (tertiary/aromatic N) is 2. The molecule has 1 heterocycles. The molecule has 2 aromatic rings. The summed E-state index contributed by atoms with van der Waals surface area (Å²) in [6, 6.07) is 10.6. The van der Waals surface area contributed by atoms with Gasteiger partial charge in [-0.3, -0.25) is 4.31 Å². The highest BCUT2D eigenvalue weighted by molar-refractivity contribution is 7.92. The molecule has 0 unspecified atom stereocenters. The Morgan fingerprint density at radius 3 is 2.33 bits per heavy atom. The van der Waals surface area contributed by atoms with Crippen LogP contribution in [0.3, 0.4) is 0 Å². The Hall–Kier alpha value is -2.08. The van der Waals surface area contributed by atoms with Crippen LogP contribution in [0, 0.1) is 6.92 Å². The molecule has 2 rings (SSSR count). The van der Waals surface area contributed by atoms with E-state index >= 15 is 0 Å². The number of hydrogen-bond donors (Lipinski definition) is 1. The Balaban J connectivity index is 2.30. The molecule has 1 aromatic carbocycles. The number of anilines is 2. The zero-order chi connectivity index (χ0) is 15.5. The molecule has 5 nitrogen and oxygen atoms in total. The molecule has 112 valence electrons. The van der Waals surface area contributed by atoms with E-state index in [1.165, 1.54) is 17.5 Å². The number of sulfonamides is 1. The number of hydrogen-bond acceptors (Lipinski definition) is 4. The number of pyridine rings is 1. The Bertz CT molecular complexity index is 695. The Morgan fingerprint density at radius 2 is 1.81 bits per heavy atom. The van der Waals surface area contributed by atoms with Crippen LogP contribution in [0.1, 0.15) is 12.5 Å². The number of rotatable bonds is 5. The van der Waals surface area contributed by atoms with Gasteiger partial charge in [0.15, 0.2) is 0 Å². The fourth-order valence-electron chi connectivity index (χ4n) is 1.87. The first kappa shape index (κ1) is 15.3. The summed E-state index contributed by atoms with van der Waals surface area (Å²) in [5.74, 6) is 0.662. The zero-order valence-corrected chi connectivity index (χ0v) is 13.2. The lowest BCUT2D eigenvalue weighted by atomic mass is 10.2. The maximum atomic E-state index is 12.6. The molecule has 6 heteroatoms. The van der Waals surface area contributed by atoms with E-state index in [0.29, 0.717) is 11.5 Å². The van der Waals surface area contributed by atoms with Crippen molar-refractivity contribution in [3.63, 3.8) is 0 Å². The van der Waals surface area contributed by atoms with Gasteiger partial charge in [-0.1, -0.05) is 17.7 Å². The molecule has 0 aliphatic rings. The lowest BCUT2D eigenvalue weighted by Crippen LogP contribution is -2.26. The van der Waals surface area contributed by atoms with Crippen molar-refractivity contribution in [2.24, 2.45) is 0 Å². The van der Waals surface area contributed by atoms with Crippen molar-refractivity contribution in [2.45, 2.75) is 18.7 Å². The maximum Gasteiger partial charge on any atom is 0.265 e. The van der Waals surface area contributed by atoms with Gasteiger partial charge in [0.05, 0.1) is 5.69 Å². The smallest absolute Gasteiger partial charge is 0.265 e. The predicted molar refractivity (Wildman–Crippen MR) is 85.2 cm³/mol. The summed E-state index contributed by atoms with van der Waals surface area (Å²) in [5, 5.41) is 3.03. The van der Waals surface area contributed by atoms with E-state index in [2.05, 4.69) is 10.3 Å². The van der Waals surface area contributed by atoms with E-state index in [0.717, 1.165) is 12.1 Å². The second-order valence-corrected chi connectivity index (χ2v) is 6.69. The summed E-state index contributed by atoms with van der Waals surface area (Å²) >= 11 is 0. The standard InChI is InChI=1S/C15H19N3O2S/c1-4-16-15-10-9-14(11-17-15)21(19,20)18(3)13-7-5-12(2)6-8-13/h5-11H,4H2,1-3H3,(H,16,17). The lowest BCUT2D eigenvalue weighted by Gasteiger charge is -2.19. The third-order valence-corrected chi connectivity index (χ3v) is 4.92. The summed E-state index contributed by atoms with van der Waals surface area (Å²) in [6.07, 6.45) is 1.37. The largest absolute Gasteiger partial charge is 0.370 e. The van der Waals surface area contributed by atoms with Crippen molar-refractivity contribution in [1.82, 2.24) is 4.98 Å². The average molecular weight is 305 g/mol. The molecule has 0 amide bonds. The van der Waals surface area contributed by atoms with Crippen LogP contribution in [0.5, 0.6) is 0 Å². The van der Waals surface area contributed by atoms with Gasteiger partial charge in [-0.15, -0.1) is 0 Å². The third-order valence-electron chi connectivity index (χ3n) is 3.15. The number of aromatic nitrogens is 1. The minimum absolute atomic E-state index is 0.173. The second kappa shape index (κ2) is 6.13. The van der Waals surface area contributed by atoms with Gasteiger partial charge in [0.1, 0.15) is 10.7 Å². The molecule has 0 fully saturated rings. The number of benzene rings is 1. The van der Waals surface area contributed by atoms with Gasteiger partial charge in [-0.2, -0.15) is 0 Å². The van der Waals surface area contributed by atoms with Gasteiger partial charge in [-0.05, 0) is 38.1 Å². The van der Waals surface area contributed by atoms with Crippen LogP contribution in [0.15, 0.2) is 47.5 Å². The van der Waals surface area contributed by atoms with Crippen molar-refractivity contribution in [3.05, 3.63) is 48.2 Å². The molecular formula is C15H19N3O2S. The summed E-state index contributed by atoms with van der Waals surface area (Å²) in [6.45, 7) is 4.65. The van der Waals surface area contributed by atoms with Crippen LogP contribution in [0.25, 0.3) is 0 Å². The van der Waals surface area contributed by atoms with E-state index in [-0.39, 0.29) is 4.90 Å². The third kappa shape index (κ3) is 3.33. The number of aryl methyl sites for hydroxylation is 1. The summed E-state index contributed by atoms with van der Waals surface area (Å²) in [7, 11) is -2.05. The van der Waals surface area contributed by atoms with Crippen LogP contribution in [-0.4, -0.2) is 27.0 Å². The highest BCUT2D eigenvalue weighted by Crippen LogP contribution is 2.22. The topological polar surface area (TPSA) is 62.3 Å². The van der Waals surface area contributed by atoms with Crippen molar-refractivity contribution < 1.29 is 8.42 Å². The first-order valence-corrected chi connectivity index (χ1v) is 8.14. The summed E-state index contributed by atoms with van der Waals surface area (Å²) in [4.78, 5) is 4.28. The molecule has 21 heavy (non-hydrogen) atoms. The molecule has 0 saturated carbocycles. The highest BCUT2D eigenvalue weighted by Gasteiger charge is 2.21. The van der Waals surface area contributed by atoms with Crippen molar-refractivity contribution in [2.75, 3.05) is 23.2 Å². The number of nitrogens with one attached hydrogen (secondary N) is 1. The fraction of sp³-hybridized carbons (Fsp3) is 0.267. The van der Waals surface area contributed by atoms with Crippen LogP contribution in [-0.2, 0) is 10.0 Å². The lowest BCUT2D eigenvalue weighted by molar-refractivity contribution is 0.594. The molecule has 0 atom stereocenters. The second-order valence-electron chi connectivity index (χ2n) is 4.72. The van der Waals surface area contributed by atoms with Crippen LogP contribution in [0.4, 0.5) is 11.5 Å². The van der Waals surface area contributed by atoms with E-state index in [1.54, 1.807) is 24.3 Å². The van der Waals surface area contributed by atoms with E-state index in [1.807, 2.05) is 26.0 Å². The molecule has 0 radical (unpaired) electrons. The van der Waals surface area contributed by atoms with Gasteiger partial charge in [0.2, 0.25) is 0 Å². The van der Waals surface area contributed by atoms with Crippen LogP contribution < -0.4 is 9.62 Å². The SMILES string of the molecule is CCNc1ccc(S(=O)(=O)N(C)c2ccc(C)cc2)cn1. The summed E-state index contributed by atoms with van der Waals surface area (Å²) < 4.78 is 26.4. The fourth-order valence-corrected chi connectivity index (χ4v) is 3.01. The Morgan fingerprint density at radius 1 is 1.14 bits per heavy atom. The maximum absolute atomic E-state index is 12.6. The monoisotopic (exact) mass is 305 g/mol.